The van der Waals surface area contributed by atoms with E-state index in [1.54, 1.807) is 7.11 Å². The highest BCUT2D eigenvalue weighted by Crippen LogP contribution is 2.50. The number of aliphatic hydroxyl groups is 1. The van der Waals surface area contributed by atoms with Crippen LogP contribution in [0, 0.1) is 11.7 Å². The van der Waals surface area contributed by atoms with Crippen LogP contribution in [0.2, 0.25) is 0 Å². The van der Waals surface area contributed by atoms with Gasteiger partial charge in [0.05, 0.1) is 13.2 Å². The molecule has 3 atom stereocenters. The molecule has 4 nitrogen and oxygen atoms in total. The molecule has 2 aromatic rings. The smallest absolute Gasteiger partial charge is 0.223 e. The first-order valence-corrected chi connectivity index (χ1v) is 7.94. The Morgan fingerprint density at radius 1 is 1.29 bits per heavy atom. The zero-order valence-electron chi connectivity index (χ0n) is 13.4. The van der Waals surface area contributed by atoms with Gasteiger partial charge in [0.1, 0.15) is 11.6 Å². The molecule has 0 heterocycles. The van der Waals surface area contributed by atoms with Crippen molar-refractivity contribution in [1.29, 1.82) is 0 Å². The van der Waals surface area contributed by atoms with Crippen LogP contribution in [-0.4, -0.2) is 24.7 Å². The van der Waals surface area contributed by atoms with E-state index in [4.69, 9.17) is 4.74 Å². The SMILES string of the molecule is COc1ccccc1C1CC1C(=O)NCC(O)c1ccc(F)cc1. The quantitative estimate of drug-likeness (QED) is 0.857. The fourth-order valence-corrected chi connectivity index (χ4v) is 2.93. The van der Waals surface area contributed by atoms with Gasteiger partial charge in [0.15, 0.2) is 0 Å². The second-order valence-corrected chi connectivity index (χ2v) is 6.00. The third-order valence-electron chi connectivity index (χ3n) is 4.39. The summed E-state index contributed by atoms with van der Waals surface area (Å²) in [5.41, 5.74) is 1.62. The van der Waals surface area contributed by atoms with E-state index in [9.17, 15) is 14.3 Å². The third-order valence-corrected chi connectivity index (χ3v) is 4.39. The summed E-state index contributed by atoms with van der Waals surface area (Å²) < 4.78 is 18.2. The highest BCUT2D eigenvalue weighted by molar-refractivity contribution is 5.83. The van der Waals surface area contributed by atoms with Gasteiger partial charge in [0.2, 0.25) is 5.91 Å². The number of aliphatic hydroxyl groups excluding tert-OH is 1. The molecule has 1 saturated carbocycles. The van der Waals surface area contributed by atoms with Gasteiger partial charge in [-0.15, -0.1) is 0 Å². The highest BCUT2D eigenvalue weighted by atomic mass is 19.1. The Morgan fingerprint density at radius 2 is 2.00 bits per heavy atom. The van der Waals surface area contributed by atoms with E-state index in [-0.39, 0.29) is 30.1 Å². The Labute approximate surface area is 140 Å². The Balaban J connectivity index is 1.54. The van der Waals surface area contributed by atoms with Crippen LogP contribution in [0.1, 0.15) is 29.6 Å². The van der Waals surface area contributed by atoms with Crippen LogP contribution in [0.4, 0.5) is 4.39 Å². The van der Waals surface area contributed by atoms with Crippen LogP contribution < -0.4 is 10.1 Å². The Kier molecular flexibility index (Phi) is 4.81. The van der Waals surface area contributed by atoms with Gasteiger partial charge in [-0.25, -0.2) is 4.39 Å². The number of carbonyl (C=O) groups is 1. The molecule has 0 saturated heterocycles. The maximum absolute atomic E-state index is 12.9. The third kappa shape index (κ3) is 3.57. The molecule has 3 rings (SSSR count). The van der Waals surface area contributed by atoms with E-state index in [1.807, 2.05) is 24.3 Å². The highest BCUT2D eigenvalue weighted by Gasteiger charge is 2.45. The standard InChI is InChI=1S/C19H20FNO3/c1-24-18-5-3-2-4-14(18)15-10-16(15)19(23)21-11-17(22)12-6-8-13(20)9-7-12/h2-9,15-17,22H,10-11H2,1H3,(H,21,23). The Bertz CT molecular complexity index is 717. The maximum atomic E-state index is 12.9. The zero-order chi connectivity index (χ0) is 17.1. The van der Waals surface area contributed by atoms with E-state index in [0.717, 1.165) is 17.7 Å². The largest absolute Gasteiger partial charge is 0.496 e. The van der Waals surface area contributed by atoms with Crippen molar-refractivity contribution >= 4 is 5.91 Å². The summed E-state index contributed by atoms with van der Waals surface area (Å²) in [6, 6.07) is 13.3. The van der Waals surface area contributed by atoms with Crippen molar-refractivity contribution in [2.45, 2.75) is 18.4 Å². The normalized spacial score (nSPS) is 20.3. The van der Waals surface area contributed by atoms with Gasteiger partial charge in [-0.3, -0.25) is 4.79 Å². The molecule has 5 heteroatoms. The van der Waals surface area contributed by atoms with Gasteiger partial charge in [-0.1, -0.05) is 30.3 Å². The summed E-state index contributed by atoms with van der Waals surface area (Å²) in [6.45, 7) is 0.111. The number of rotatable bonds is 6. The fraction of sp³-hybridized carbons (Fsp3) is 0.316. The van der Waals surface area contributed by atoms with Gasteiger partial charge in [-0.2, -0.15) is 0 Å². The summed E-state index contributed by atoms with van der Waals surface area (Å²) in [6.07, 6.45) is -0.0724. The van der Waals surface area contributed by atoms with Gasteiger partial charge < -0.3 is 15.2 Å². The molecule has 1 fully saturated rings. The van der Waals surface area contributed by atoms with Crippen molar-refractivity contribution in [2.24, 2.45) is 5.92 Å². The van der Waals surface area contributed by atoms with Crippen LogP contribution in [0.3, 0.4) is 0 Å². The number of hydrogen-bond acceptors (Lipinski definition) is 3. The predicted molar refractivity (Wildman–Crippen MR) is 88.2 cm³/mol. The lowest BCUT2D eigenvalue weighted by molar-refractivity contribution is -0.122. The summed E-state index contributed by atoms with van der Waals surface area (Å²) in [5.74, 6) is 0.426. The molecular weight excluding hydrogens is 309 g/mol. The number of methoxy groups -OCH3 is 1. The molecule has 24 heavy (non-hydrogen) atoms. The zero-order valence-corrected chi connectivity index (χ0v) is 13.4. The number of halogens is 1. The molecule has 0 radical (unpaired) electrons. The van der Waals surface area contributed by atoms with Gasteiger partial charge in [0.25, 0.3) is 0 Å². The molecule has 1 aliphatic carbocycles. The van der Waals surface area contributed by atoms with Crippen LogP contribution >= 0.6 is 0 Å². The number of ether oxygens (including phenoxy) is 1. The molecule has 1 amide bonds. The first-order chi connectivity index (χ1) is 11.6. The number of hydrogen-bond donors (Lipinski definition) is 2. The lowest BCUT2D eigenvalue weighted by atomic mass is 10.1. The molecule has 3 unspecified atom stereocenters. The van der Waals surface area contributed by atoms with Crippen molar-refractivity contribution < 1.29 is 19.0 Å². The van der Waals surface area contributed by atoms with E-state index >= 15 is 0 Å². The molecule has 126 valence electrons. The van der Waals surface area contributed by atoms with Crippen molar-refractivity contribution in [2.75, 3.05) is 13.7 Å². The second-order valence-electron chi connectivity index (χ2n) is 6.00. The monoisotopic (exact) mass is 329 g/mol. The fourth-order valence-electron chi connectivity index (χ4n) is 2.93. The maximum Gasteiger partial charge on any atom is 0.223 e. The molecule has 0 spiro atoms. The summed E-state index contributed by atoms with van der Waals surface area (Å²) >= 11 is 0. The summed E-state index contributed by atoms with van der Waals surface area (Å²) in [7, 11) is 1.62. The minimum absolute atomic E-state index is 0.0768. The van der Waals surface area contributed by atoms with Crippen LogP contribution in [0.15, 0.2) is 48.5 Å². The van der Waals surface area contributed by atoms with Gasteiger partial charge >= 0.3 is 0 Å². The van der Waals surface area contributed by atoms with Crippen LogP contribution in [0.5, 0.6) is 5.75 Å². The van der Waals surface area contributed by atoms with E-state index < -0.39 is 6.10 Å². The molecule has 0 aliphatic heterocycles. The van der Waals surface area contributed by atoms with E-state index in [2.05, 4.69) is 5.32 Å². The number of benzene rings is 2. The second kappa shape index (κ2) is 7.01. The average Bonchev–Trinajstić information content (AvgIpc) is 3.40. The molecule has 0 bridgehead atoms. The minimum atomic E-state index is -0.849. The molecule has 0 aromatic heterocycles. The minimum Gasteiger partial charge on any atom is -0.496 e. The Hall–Kier alpha value is -2.40. The number of nitrogens with one attached hydrogen (secondary N) is 1. The van der Waals surface area contributed by atoms with Crippen LogP contribution in [-0.2, 0) is 4.79 Å². The first-order valence-electron chi connectivity index (χ1n) is 7.94. The molecule has 1 aliphatic rings. The van der Waals surface area contributed by atoms with Gasteiger partial charge in [-0.05, 0) is 41.7 Å². The number of carbonyl (C=O) groups excluding carboxylic acids is 1. The number of para-hydroxylation sites is 1. The molecule has 2 N–H and O–H groups in total. The first kappa shape index (κ1) is 16.5. The van der Waals surface area contributed by atoms with Crippen molar-refractivity contribution in [3.8, 4) is 5.75 Å². The molecular formula is C19H20FNO3. The topological polar surface area (TPSA) is 58.6 Å². The van der Waals surface area contributed by atoms with Crippen molar-refractivity contribution in [1.82, 2.24) is 5.32 Å². The van der Waals surface area contributed by atoms with E-state index in [0.29, 0.717) is 5.56 Å². The predicted octanol–water partition coefficient (Wildman–Crippen LogP) is 2.79. The summed E-state index contributed by atoms with van der Waals surface area (Å²) in [5, 5.41) is 12.8. The number of amides is 1. The lowest BCUT2D eigenvalue weighted by Crippen LogP contribution is -2.30. The molecule has 2 aromatic carbocycles. The lowest BCUT2D eigenvalue weighted by Gasteiger charge is -2.12. The van der Waals surface area contributed by atoms with E-state index in [1.165, 1.54) is 24.3 Å². The van der Waals surface area contributed by atoms with Gasteiger partial charge in [0, 0.05) is 12.5 Å². The van der Waals surface area contributed by atoms with Crippen molar-refractivity contribution in [3.05, 3.63) is 65.5 Å². The van der Waals surface area contributed by atoms with Crippen LogP contribution in [0.25, 0.3) is 0 Å². The Morgan fingerprint density at radius 3 is 2.71 bits per heavy atom. The summed E-state index contributed by atoms with van der Waals surface area (Å²) in [4.78, 5) is 12.3. The van der Waals surface area contributed by atoms with Crippen molar-refractivity contribution in [3.63, 3.8) is 0 Å². The average molecular weight is 329 g/mol.